The van der Waals surface area contributed by atoms with E-state index in [0.717, 1.165) is 29.9 Å². The predicted octanol–water partition coefficient (Wildman–Crippen LogP) is 2.57. The minimum atomic E-state index is -0.557. The highest BCUT2D eigenvalue weighted by Gasteiger charge is 2.27. The fraction of sp³-hybridized carbons (Fsp3) is 0.348. The van der Waals surface area contributed by atoms with Gasteiger partial charge in [0.15, 0.2) is 0 Å². The van der Waals surface area contributed by atoms with Crippen LogP contribution >= 0.6 is 0 Å². The Labute approximate surface area is 176 Å². The molecular weight excluding hydrogens is 384 g/mol. The van der Waals surface area contributed by atoms with Gasteiger partial charge in [0, 0.05) is 31.3 Å². The first-order valence-electron chi connectivity index (χ1n) is 10.0. The molecular formula is C23H28N2O5. The van der Waals surface area contributed by atoms with Crippen molar-refractivity contribution in [3.63, 3.8) is 0 Å². The molecule has 3 rings (SSSR count). The van der Waals surface area contributed by atoms with Crippen LogP contribution in [-0.4, -0.2) is 54.5 Å². The minimum absolute atomic E-state index is 0.0854. The standard InChI is InChI=1S/C23H28N2O5/c1-29-19-3-2-4-20(16-19)30-14-12-25(11-13-26)22-9-7-18-15-17(5-8-21(18)22)6-10-23(27)24-28/h2-6,8,10,15-16,22,26,28H,7,9,11-14H2,1H3,(H,24,27)/b10-6+. The number of nitrogens with zero attached hydrogens (tertiary/aromatic N) is 1. The Balaban J connectivity index is 1.64. The molecule has 3 N–H and O–H groups in total. The maximum absolute atomic E-state index is 11.2. The molecule has 1 unspecified atom stereocenters. The van der Waals surface area contributed by atoms with E-state index in [9.17, 15) is 9.90 Å². The highest BCUT2D eigenvalue weighted by atomic mass is 16.5. The summed E-state index contributed by atoms with van der Waals surface area (Å²) in [6.07, 6.45) is 4.88. The number of fused-ring (bicyclic) bond motifs is 1. The number of aliphatic hydroxyl groups excluding tert-OH is 1. The van der Waals surface area contributed by atoms with E-state index in [-0.39, 0.29) is 12.6 Å². The van der Waals surface area contributed by atoms with Gasteiger partial charge in [-0.3, -0.25) is 14.9 Å². The summed E-state index contributed by atoms with van der Waals surface area (Å²) in [5, 5.41) is 18.1. The summed E-state index contributed by atoms with van der Waals surface area (Å²) in [5.74, 6) is 0.956. The number of nitrogens with one attached hydrogen (secondary N) is 1. The first-order chi connectivity index (χ1) is 14.6. The molecule has 1 amide bonds. The number of aryl methyl sites for hydroxylation is 1. The number of hydrogen-bond acceptors (Lipinski definition) is 6. The second-order valence-electron chi connectivity index (χ2n) is 7.11. The molecule has 0 saturated carbocycles. The summed E-state index contributed by atoms with van der Waals surface area (Å²) in [7, 11) is 1.63. The first kappa shape index (κ1) is 21.8. The minimum Gasteiger partial charge on any atom is -0.497 e. The Hall–Kier alpha value is -2.87. The van der Waals surface area contributed by atoms with Crippen LogP contribution in [0.3, 0.4) is 0 Å². The lowest BCUT2D eigenvalue weighted by Gasteiger charge is -2.29. The SMILES string of the molecule is COc1cccc(OCCN(CCO)C2CCc3cc(/C=C/C(=O)NO)ccc32)c1. The van der Waals surface area contributed by atoms with E-state index in [1.54, 1.807) is 18.7 Å². The molecule has 30 heavy (non-hydrogen) atoms. The van der Waals surface area contributed by atoms with Crippen molar-refractivity contribution in [1.29, 1.82) is 0 Å². The van der Waals surface area contributed by atoms with Gasteiger partial charge in [-0.05, 0) is 47.7 Å². The zero-order valence-corrected chi connectivity index (χ0v) is 17.1. The third-order valence-corrected chi connectivity index (χ3v) is 5.27. The summed E-state index contributed by atoms with van der Waals surface area (Å²) in [6.45, 7) is 1.86. The van der Waals surface area contributed by atoms with Gasteiger partial charge in [0.1, 0.15) is 18.1 Å². The largest absolute Gasteiger partial charge is 0.497 e. The lowest BCUT2D eigenvalue weighted by atomic mass is 10.0. The number of carbonyl (C=O) groups is 1. The molecule has 7 heteroatoms. The van der Waals surface area contributed by atoms with Crippen molar-refractivity contribution in [2.75, 3.05) is 33.4 Å². The second kappa shape index (κ2) is 10.8. The fourth-order valence-electron chi connectivity index (χ4n) is 3.83. The maximum atomic E-state index is 11.2. The molecule has 0 heterocycles. The number of carbonyl (C=O) groups excluding carboxylic acids is 1. The molecule has 0 aliphatic heterocycles. The first-order valence-corrected chi connectivity index (χ1v) is 10.0. The van der Waals surface area contributed by atoms with Crippen molar-refractivity contribution >= 4 is 12.0 Å². The summed E-state index contributed by atoms with van der Waals surface area (Å²) >= 11 is 0. The van der Waals surface area contributed by atoms with Crippen molar-refractivity contribution in [1.82, 2.24) is 10.4 Å². The van der Waals surface area contributed by atoms with Crippen LogP contribution < -0.4 is 15.0 Å². The Kier molecular flexibility index (Phi) is 7.84. The maximum Gasteiger partial charge on any atom is 0.267 e. The average Bonchev–Trinajstić information content (AvgIpc) is 3.20. The summed E-state index contributed by atoms with van der Waals surface area (Å²) in [5.41, 5.74) is 4.98. The van der Waals surface area contributed by atoms with E-state index in [0.29, 0.717) is 19.7 Å². The van der Waals surface area contributed by atoms with Gasteiger partial charge in [-0.25, -0.2) is 5.48 Å². The van der Waals surface area contributed by atoms with Crippen LogP contribution in [-0.2, 0) is 11.2 Å². The summed E-state index contributed by atoms with van der Waals surface area (Å²) in [6, 6.07) is 13.9. The highest BCUT2D eigenvalue weighted by molar-refractivity contribution is 5.90. The average molecular weight is 412 g/mol. The Morgan fingerprint density at radius 3 is 2.83 bits per heavy atom. The molecule has 0 bridgehead atoms. The van der Waals surface area contributed by atoms with Crippen LogP contribution in [0.4, 0.5) is 0 Å². The number of ether oxygens (including phenoxy) is 2. The monoisotopic (exact) mass is 412 g/mol. The normalized spacial score (nSPS) is 15.4. The molecule has 0 aromatic heterocycles. The van der Waals surface area contributed by atoms with E-state index in [2.05, 4.69) is 17.0 Å². The molecule has 1 aliphatic carbocycles. The van der Waals surface area contributed by atoms with Crippen LogP contribution in [0.1, 0.15) is 29.2 Å². The van der Waals surface area contributed by atoms with Crippen LogP contribution in [0.25, 0.3) is 6.08 Å². The molecule has 160 valence electrons. The van der Waals surface area contributed by atoms with E-state index in [1.165, 1.54) is 17.2 Å². The van der Waals surface area contributed by atoms with Crippen LogP contribution in [0.2, 0.25) is 0 Å². The summed E-state index contributed by atoms with van der Waals surface area (Å²) < 4.78 is 11.1. The number of hydroxylamine groups is 1. The van der Waals surface area contributed by atoms with Crippen LogP contribution in [0.15, 0.2) is 48.5 Å². The molecule has 0 spiro atoms. The smallest absolute Gasteiger partial charge is 0.267 e. The van der Waals surface area contributed by atoms with Gasteiger partial charge in [0.2, 0.25) is 0 Å². The van der Waals surface area contributed by atoms with E-state index in [4.69, 9.17) is 14.7 Å². The second-order valence-corrected chi connectivity index (χ2v) is 7.11. The number of hydrogen-bond donors (Lipinski definition) is 3. The molecule has 0 saturated heterocycles. The lowest BCUT2D eigenvalue weighted by molar-refractivity contribution is -0.124. The van der Waals surface area contributed by atoms with E-state index >= 15 is 0 Å². The van der Waals surface area contributed by atoms with Crippen molar-refractivity contribution < 1.29 is 24.6 Å². The van der Waals surface area contributed by atoms with Gasteiger partial charge in [-0.15, -0.1) is 0 Å². The van der Waals surface area contributed by atoms with Crippen molar-refractivity contribution in [3.8, 4) is 11.5 Å². The van der Waals surface area contributed by atoms with Gasteiger partial charge in [-0.2, -0.15) is 0 Å². The van der Waals surface area contributed by atoms with Gasteiger partial charge < -0.3 is 14.6 Å². The van der Waals surface area contributed by atoms with Crippen molar-refractivity contribution in [2.45, 2.75) is 18.9 Å². The Morgan fingerprint density at radius 2 is 2.07 bits per heavy atom. The number of amides is 1. The number of aliphatic hydroxyl groups is 1. The molecule has 1 aliphatic rings. The summed E-state index contributed by atoms with van der Waals surface area (Å²) in [4.78, 5) is 13.4. The third kappa shape index (κ3) is 5.60. The zero-order chi connectivity index (χ0) is 21.3. The molecule has 0 radical (unpaired) electrons. The zero-order valence-electron chi connectivity index (χ0n) is 17.1. The quantitative estimate of drug-likeness (QED) is 0.316. The molecule has 2 aromatic carbocycles. The molecule has 0 fully saturated rings. The molecule has 1 atom stereocenters. The van der Waals surface area contributed by atoms with Gasteiger partial charge in [-0.1, -0.05) is 24.3 Å². The van der Waals surface area contributed by atoms with Crippen LogP contribution in [0.5, 0.6) is 11.5 Å². The van der Waals surface area contributed by atoms with E-state index < -0.39 is 5.91 Å². The van der Waals surface area contributed by atoms with Crippen molar-refractivity contribution in [3.05, 3.63) is 65.2 Å². The Bertz CT molecular complexity index is 884. The number of methoxy groups -OCH3 is 1. The highest BCUT2D eigenvalue weighted by Crippen LogP contribution is 2.36. The van der Waals surface area contributed by atoms with Crippen molar-refractivity contribution in [2.24, 2.45) is 0 Å². The molecule has 7 nitrogen and oxygen atoms in total. The topological polar surface area (TPSA) is 91.3 Å². The Morgan fingerprint density at radius 1 is 1.23 bits per heavy atom. The van der Waals surface area contributed by atoms with E-state index in [1.807, 2.05) is 30.3 Å². The van der Waals surface area contributed by atoms with Gasteiger partial charge in [0.25, 0.3) is 5.91 Å². The van der Waals surface area contributed by atoms with Gasteiger partial charge in [0.05, 0.1) is 13.7 Å². The third-order valence-electron chi connectivity index (χ3n) is 5.27. The van der Waals surface area contributed by atoms with Crippen LogP contribution in [0, 0.1) is 0 Å². The number of benzene rings is 2. The predicted molar refractivity (Wildman–Crippen MR) is 114 cm³/mol. The number of rotatable bonds is 10. The fourth-order valence-corrected chi connectivity index (χ4v) is 3.83. The lowest BCUT2D eigenvalue weighted by Crippen LogP contribution is -2.34. The molecule has 2 aromatic rings. The van der Waals surface area contributed by atoms with Gasteiger partial charge >= 0.3 is 0 Å².